The lowest BCUT2D eigenvalue weighted by atomic mass is 10.2. The lowest BCUT2D eigenvalue weighted by Crippen LogP contribution is -2.47. The van der Waals surface area contributed by atoms with Crippen LogP contribution in [0.15, 0.2) is 46.9 Å². The minimum atomic E-state index is -3.08. The fourth-order valence-electron chi connectivity index (χ4n) is 2.10. The Bertz CT molecular complexity index is 850. The van der Waals surface area contributed by atoms with Crippen molar-refractivity contribution in [1.82, 2.24) is 10.9 Å². The van der Waals surface area contributed by atoms with E-state index in [1.165, 1.54) is 26.2 Å². The molecule has 28 heavy (non-hydrogen) atoms. The molecule has 7 nitrogen and oxygen atoms in total. The summed E-state index contributed by atoms with van der Waals surface area (Å²) in [5, 5.41) is 0. The number of amides is 2. The van der Waals surface area contributed by atoms with Crippen LogP contribution in [-0.4, -0.2) is 31.6 Å². The molecular weight excluding hydrogens is 442 g/mol. The molecule has 0 aliphatic rings. The van der Waals surface area contributed by atoms with Crippen LogP contribution in [0.2, 0.25) is 0 Å². The summed E-state index contributed by atoms with van der Waals surface area (Å²) in [6, 6.07) is 10.6. The Hall–Kier alpha value is -2.88. The highest BCUT2D eigenvalue weighted by atomic mass is 79.9. The molecule has 0 saturated carbocycles. The number of hydrogen-bond donors (Lipinski definition) is 2. The zero-order chi connectivity index (χ0) is 20.7. The van der Waals surface area contributed by atoms with Crippen molar-refractivity contribution >= 4 is 27.7 Å². The third kappa shape index (κ3) is 6.08. The monoisotopic (exact) mass is 458 g/mol. The highest BCUT2D eigenvalue weighted by Crippen LogP contribution is 2.29. The predicted octanol–water partition coefficient (Wildman–Crippen LogP) is 3.29. The summed E-state index contributed by atoms with van der Waals surface area (Å²) in [6.45, 7) is -1.58. The number of halogens is 3. The van der Waals surface area contributed by atoms with E-state index >= 15 is 0 Å². The molecule has 0 aliphatic carbocycles. The van der Waals surface area contributed by atoms with Crippen LogP contribution < -0.4 is 25.1 Å². The zero-order valence-corrected chi connectivity index (χ0v) is 16.5. The molecule has 2 aromatic rings. The van der Waals surface area contributed by atoms with Gasteiger partial charge in [-0.1, -0.05) is 22.0 Å². The van der Waals surface area contributed by atoms with Gasteiger partial charge in [0, 0.05) is 10.0 Å². The molecule has 1 unspecified atom stereocenters. The van der Waals surface area contributed by atoms with Gasteiger partial charge in [0.2, 0.25) is 0 Å². The van der Waals surface area contributed by atoms with E-state index in [0.717, 1.165) is 10.5 Å². The van der Waals surface area contributed by atoms with Crippen molar-refractivity contribution in [3.63, 3.8) is 0 Å². The second kappa shape index (κ2) is 9.88. The summed E-state index contributed by atoms with van der Waals surface area (Å²) >= 11 is 3.29. The summed E-state index contributed by atoms with van der Waals surface area (Å²) in [5.74, 6) is -1.14. The maximum atomic E-state index is 12.5. The number of benzene rings is 2. The van der Waals surface area contributed by atoms with E-state index in [4.69, 9.17) is 9.47 Å². The Morgan fingerprint density at radius 2 is 1.79 bits per heavy atom. The molecule has 2 N–H and O–H groups in total. The first-order valence-electron chi connectivity index (χ1n) is 7.95. The first-order valence-corrected chi connectivity index (χ1v) is 8.74. The van der Waals surface area contributed by atoms with Gasteiger partial charge in [-0.25, -0.2) is 0 Å². The normalized spacial score (nSPS) is 11.5. The Labute approximate surface area is 168 Å². The van der Waals surface area contributed by atoms with E-state index in [-0.39, 0.29) is 17.1 Å². The average molecular weight is 459 g/mol. The van der Waals surface area contributed by atoms with Gasteiger partial charge in [-0.2, -0.15) is 8.78 Å². The minimum Gasteiger partial charge on any atom is -0.493 e. The molecular formula is C18H17BrF2N2O5. The largest absolute Gasteiger partial charge is 0.493 e. The van der Waals surface area contributed by atoms with Crippen LogP contribution in [0.5, 0.6) is 17.2 Å². The first-order chi connectivity index (χ1) is 13.3. The number of carbonyl (C=O) groups excluding carboxylic acids is 2. The molecule has 2 amide bonds. The van der Waals surface area contributed by atoms with Crippen LogP contribution in [0.1, 0.15) is 17.3 Å². The predicted molar refractivity (Wildman–Crippen MR) is 99.5 cm³/mol. The average Bonchev–Trinajstić information content (AvgIpc) is 2.65. The summed E-state index contributed by atoms with van der Waals surface area (Å²) in [7, 11) is 1.28. The van der Waals surface area contributed by atoms with Gasteiger partial charge in [0.05, 0.1) is 7.11 Å². The van der Waals surface area contributed by atoms with E-state index in [0.29, 0.717) is 5.75 Å². The second-order valence-electron chi connectivity index (χ2n) is 5.40. The van der Waals surface area contributed by atoms with Gasteiger partial charge < -0.3 is 14.2 Å². The molecule has 0 aliphatic heterocycles. The molecule has 0 bridgehead atoms. The number of rotatable bonds is 7. The van der Waals surface area contributed by atoms with E-state index in [1.807, 2.05) is 0 Å². The molecule has 0 spiro atoms. The van der Waals surface area contributed by atoms with Crippen molar-refractivity contribution in [3.8, 4) is 17.2 Å². The molecule has 10 heteroatoms. The molecule has 150 valence electrons. The summed E-state index contributed by atoms with van der Waals surface area (Å²) in [4.78, 5) is 24.2. The highest BCUT2D eigenvalue weighted by molar-refractivity contribution is 9.10. The van der Waals surface area contributed by atoms with Crippen molar-refractivity contribution in [2.45, 2.75) is 19.6 Å². The molecule has 0 saturated heterocycles. The molecule has 0 aromatic heterocycles. The third-order valence-electron chi connectivity index (χ3n) is 3.42. The smallest absolute Gasteiger partial charge is 0.387 e. The molecule has 0 heterocycles. The van der Waals surface area contributed by atoms with Crippen molar-refractivity contribution < 1.29 is 32.6 Å². The zero-order valence-electron chi connectivity index (χ0n) is 14.9. The van der Waals surface area contributed by atoms with Crippen molar-refractivity contribution in [2.75, 3.05) is 7.11 Å². The van der Waals surface area contributed by atoms with Gasteiger partial charge in [-0.15, -0.1) is 0 Å². The van der Waals surface area contributed by atoms with Gasteiger partial charge in [0.15, 0.2) is 17.6 Å². The van der Waals surface area contributed by atoms with Crippen LogP contribution in [0.25, 0.3) is 0 Å². The van der Waals surface area contributed by atoms with Gasteiger partial charge in [0.25, 0.3) is 11.8 Å². The van der Waals surface area contributed by atoms with Crippen molar-refractivity contribution in [2.24, 2.45) is 0 Å². The topological polar surface area (TPSA) is 85.9 Å². The Balaban J connectivity index is 1.96. The van der Waals surface area contributed by atoms with E-state index in [1.54, 1.807) is 24.3 Å². The Morgan fingerprint density at radius 3 is 2.43 bits per heavy atom. The van der Waals surface area contributed by atoms with Crippen LogP contribution in [0.4, 0.5) is 8.78 Å². The number of carbonyl (C=O) groups is 2. The third-order valence-corrected chi connectivity index (χ3v) is 3.91. The molecule has 0 fully saturated rings. The number of nitrogens with one attached hydrogen (secondary N) is 2. The fourth-order valence-corrected chi connectivity index (χ4v) is 2.47. The van der Waals surface area contributed by atoms with E-state index in [9.17, 15) is 18.4 Å². The van der Waals surface area contributed by atoms with Gasteiger partial charge in [-0.05, 0) is 43.3 Å². The number of alkyl halides is 2. The SMILES string of the molecule is COc1ccc(C(=O)NNC(=O)C(C)Oc2cccc(Br)c2)cc1OC(F)F. The van der Waals surface area contributed by atoms with E-state index < -0.39 is 24.5 Å². The van der Waals surface area contributed by atoms with Gasteiger partial charge >= 0.3 is 6.61 Å². The lowest BCUT2D eigenvalue weighted by Gasteiger charge is -2.16. The van der Waals surface area contributed by atoms with Gasteiger partial charge in [-0.3, -0.25) is 20.4 Å². The maximum Gasteiger partial charge on any atom is 0.387 e. The fraction of sp³-hybridized carbons (Fsp3) is 0.222. The number of methoxy groups -OCH3 is 1. The van der Waals surface area contributed by atoms with Crippen LogP contribution in [0.3, 0.4) is 0 Å². The van der Waals surface area contributed by atoms with Crippen molar-refractivity contribution in [1.29, 1.82) is 0 Å². The molecule has 1 atom stereocenters. The van der Waals surface area contributed by atoms with Crippen LogP contribution in [0, 0.1) is 0 Å². The van der Waals surface area contributed by atoms with E-state index in [2.05, 4.69) is 31.5 Å². The Kier molecular flexibility index (Phi) is 7.56. The van der Waals surface area contributed by atoms with Crippen LogP contribution in [-0.2, 0) is 4.79 Å². The number of hydrazine groups is 1. The molecule has 2 aromatic carbocycles. The standard InChI is InChI=1S/C18H17BrF2N2O5/c1-10(27-13-5-3-4-12(19)9-13)16(24)22-23-17(25)11-6-7-14(26-2)15(8-11)28-18(20)21/h3-10,18H,1-2H3,(H,22,24)(H,23,25). The summed E-state index contributed by atoms with van der Waals surface area (Å²) in [5.41, 5.74) is 4.38. The van der Waals surface area contributed by atoms with Gasteiger partial charge in [0.1, 0.15) is 5.75 Å². The Morgan fingerprint density at radius 1 is 1.04 bits per heavy atom. The molecule has 0 radical (unpaired) electrons. The summed E-state index contributed by atoms with van der Waals surface area (Å²) in [6.07, 6.45) is -0.900. The van der Waals surface area contributed by atoms with Crippen molar-refractivity contribution in [3.05, 3.63) is 52.5 Å². The highest BCUT2D eigenvalue weighted by Gasteiger charge is 2.18. The maximum absolute atomic E-state index is 12.5. The number of hydrogen-bond acceptors (Lipinski definition) is 5. The number of ether oxygens (including phenoxy) is 3. The minimum absolute atomic E-state index is 0.0164. The molecule has 2 rings (SSSR count). The first kappa shape index (κ1) is 21.4. The quantitative estimate of drug-likeness (QED) is 0.621. The van der Waals surface area contributed by atoms with Crippen LogP contribution >= 0.6 is 15.9 Å². The second-order valence-corrected chi connectivity index (χ2v) is 6.32. The lowest BCUT2D eigenvalue weighted by molar-refractivity contribution is -0.128. The summed E-state index contributed by atoms with van der Waals surface area (Å²) < 4.78 is 40.4.